The molecule has 4 aromatic rings. The van der Waals surface area contributed by atoms with Gasteiger partial charge in [0.1, 0.15) is 16.9 Å². The summed E-state index contributed by atoms with van der Waals surface area (Å²) in [6.07, 6.45) is 3.70. The molecule has 1 saturated heterocycles. The van der Waals surface area contributed by atoms with Crippen LogP contribution in [0.5, 0.6) is 0 Å². The van der Waals surface area contributed by atoms with E-state index in [-0.39, 0.29) is 11.9 Å². The second-order valence-electron chi connectivity index (χ2n) is 7.58. The van der Waals surface area contributed by atoms with Crippen LogP contribution in [0.25, 0.3) is 11.0 Å². The number of amides is 1. The molecular weight excluding hydrogens is 380 g/mol. The van der Waals surface area contributed by atoms with Crippen molar-refractivity contribution in [3.8, 4) is 0 Å². The molecule has 5 rings (SSSR count). The summed E-state index contributed by atoms with van der Waals surface area (Å²) < 4.78 is 6.73. The van der Waals surface area contributed by atoms with Gasteiger partial charge in [-0.25, -0.2) is 9.31 Å². The van der Waals surface area contributed by atoms with Crippen LogP contribution in [0.15, 0.2) is 65.4 Å². The van der Waals surface area contributed by atoms with Gasteiger partial charge in [0, 0.05) is 31.3 Å². The van der Waals surface area contributed by atoms with Crippen LogP contribution in [0, 0.1) is 0 Å². The maximum absolute atomic E-state index is 12.5. The van der Waals surface area contributed by atoms with E-state index in [2.05, 4.69) is 31.7 Å². The van der Waals surface area contributed by atoms with Gasteiger partial charge in [-0.1, -0.05) is 24.3 Å². The highest BCUT2D eigenvalue weighted by atomic mass is 16.6. The van der Waals surface area contributed by atoms with Gasteiger partial charge < -0.3 is 5.32 Å². The first-order chi connectivity index (χ1) is 14.8. The lowest BCUT2D eigenvalue weighted by Gasteiger charge is -2.32. The van der Waals surface area contributed by atoms with Crippen LogP contribution in [0.2, 0.25) is 0 Å². The summed E-state index contributed by atoms with van der Waals surface area (Å²) in [6.45, 7) is 2.80. The molecule has 1 aliphatic heterocycles. The third kappa shape index (κ3) is 3.81. The Morgan fingerprint density at radius 1 is 1.03 bits per heavy atom. The van der Waals surface area contributed by atoms with Crippen molar-refractivity contribution in [3.63, 3.8) is 0 Å². The number of aromatic nitrogens is 4. The van der Waals surface area contributed by atoms with Gasteiger partial charge >= 0.3 is 0 Å². The molecule has 152 valence electrons. The van der Waals surface area contributed by atoms with Crippen molar-refractivity contribution in [2.24, 2.45) is 0 Å². The Bertz CT molecular complexity index is 1140. The average Bonchev–Trinajstić information content (AvgIpc) is 3.44. The fourth-order valence-electron chi connectivity index (χ4n) is 3.99. The number of carbonyl (C=O) groups is 1. The Kier molecular flexibility index (Phi) is 4.98. The molecule has 0 atom stereocenters. The van der Waals surface area contributed by atoms with E-state index in [4.69, 9.17) is 4.63 Å². The molecule has 0 radical (unpaired) electrons. The molecule has 3 heterocycles. The van der Waals surface area contributed by atoms with E-state index < -0.39 is 0 Å². The van der Waals surface area contributed by atoms with Crippen LogP contribution in [0.1, 0.15) is 34.8 Å². The first-order valence-electron chi connectivity index (χ1n) is 10.1. The van der Waals surface area contributed by atoms with E-state index in [1.807, 2.05) is 41.1 Å². The van der Waals surface area contributed by atoms with Crippen LogP contribution in [0.4, 0.5) is 5.82 Å². The molecule has 0 bridgehead atoms. The van der Waals surface area contributed by atoms with Gasteiger partial charge in [0.05, 0.1) is 12.2 Å². The van der Waals surface area contributed by atoms with Gasteiger partial charge in [-0.2, -0.15) is 5.10 Å². The van der Waals surface area contributed by atoms with Crippen LogP contribution >= 0.6 is 0 Å². The minimum Gasteiger partial charge on any atom is -0.307 e. The van der Waals surface area contributed by atoms with Gasteiger partial charge in [-0.15, -0.1) is 0 Å². The monoisotopic (exact) mass is 402 g/mol. The third-order valence-corrected chi connectivity index (χ3v) is 5.58. The van der Waals surface area contributed by atoms with Gasteiger partial charge in [0.15, 0.2) is 0 Å². The number of likely N-dealkylation sites (tertiary alicyclic amines) is 1. The van der Waals surface area contributed by atoms with E-state index in [1.165, 1.54) is 5.56 Å². The van der Waals surface area contributed by atoms with Crippen molar-refractivity contribution in [1.82, 2.24) is 25.0 Å². The van der Waals surface area contributed by atoms with E-state index >= 15 is 0 Å². The smallest absolute Gasteiger partial charge is 0.256 e. The number of benzene rings is 2. The Morgan fingerprint density at radius 2 is 1.83 bits per heavy atom. The highest BCUT2D eigenvalue weighted by molar-refractivity contribution is 6.03. The lowest BCUT2D eigenvalue weighted by molar-refractivity contribution is 0.102. The highest BCUT2D eigenvalue weighted by Gasteiger charge is 2.23. The third-order valence-electron chi connectivity index (χ3n) is 5.58. The predicted molar refractivity (Wildman–Crippen MR) is 112 cm³/mol. The van der Waals surface area contributed by atoms with Crippen molar-refractivity contribution in [1.29, 1.82) is 0 Å². The second-order valence-corrected chi connectivity index (χ2v) is 7.58. The quantitative estimate of drug-likeness (QED) is 0.550. The highest BCUT2D eigenvalue weighted by Crippen LogP contribution is 2.27. The summed E-state index contributed by atoms with van der Waals surface area (Å²) in [4.78, 5) is 14.9. The minimum atomic E-state index is -0.118. The van der Waals surface area contributed by atoms with Gasteiger partial charge in [-0.05, 0) is 53.0 Å². The number of piperidine rings is 1. The standard InChI is InChI=1S/C22H22N6O2/c29-22(17-4-2-1-3-5-17)24-21-8-11-23-28(21)18-9-12-27(13-10-18)15-16-6-7-19-20(14-16)26-30-25-19/h1-8,11,14,18H,9-10,12-13,15H2,(H,24,29). The first-order valence-corrected chi connectivity index (χ1v) is 10.1. The Hall–Kier alpha value is -3.52. The summed E-state index contributed by atoms with van der Waals surface area (Å²) in [5, 5.41) is 15.3. The molecular formula is C22H22N6O2. The number of hydrogen-bond acceptors (Lipinski definition) is 6. The largest absolute Gasteiger partial charge is 0.307 e. The fraction of sp³-hybridized carbons (Fsp3) is 0.273. The molecule has 1 N–H and O–H groups in total. The summed E-state index contributed by atoms with van der Waals surface area (Å²) in [7, 11) is 0. The van der Waals surface area contributed by atoms with Gasteiger partial charge in [0.2, 0.25) is 0 Å². The molecule has 2 aromatic carbocycles. The molecule has 1 fully saturated rings. The molecule has 1 aliphatic rings. The van der Waals surface area contributed by atoms with E-state index in [1.54, 1.807) is 18.3 Å². The van der Waals surface area contributed by atoms with E-state index in [0.717, 1.165) is 49.3 Å². The van der Waals surface area contributed by atoms with Crippen LogP contribution in [0.3, 0.4) is 0 Å². The van der Waals surface area contributed by atoms with Crippen molar-refractivity contribution in [3.05, 3.63) is 71.9 Å². The first kappa shape index (κ1) is 18.5. The van der Waals surface area contributed by atoms with Crippen molar-refractivity contribution in [2.75, 3.05) is 18.4 Å². The lowest BCUT2D eigenvalue weighted by Crippen LogP contribution is -2.35. The zero-order valence-corrected chi connectivity index (χ0v) is 16.4. The topological polar surface area (TPSA) is 89.1 Å². The number of carbonyl (C=O) groups excluding carboxylic acids is 1. The molecule has 8 nitrogen and oxygen atoms in total. The average molecular weight is 402 g/mol. The number of rotatable bonds is 5. The van der Waals surface area contributed by atoms with E-state index in [0.29, 0.717) is 5.56 Å². The van der Waals surface area contributed by atoms with E-state index in [9.17, 15) is 4.79 Å². The second kappa shape index (κ2) is 8.08. The number of nitrogens with zero attached hydrogens (tertiary/aromatic N) is 5. The number of hydrogen-bond donors (Lipinski definition) is 1. The maximum Gasteiger partial charge on any atom is 0.256 e. The summed E-state index contributed by atoms with van der Waals surface area (Å²) in [6, 6.07) is 17.4. The van der Waals surface area contributed by atoms with Crippen LogP contribution in [-0.4, -0.2) is 44.0 Å². The van der Waals surface area contributed by atoms with Crippen molar-refractivity contribution >= 4 is 22.8 Å². The minimum absolute atomic E-state index is 0.118. The number of nitrogens with one attached hydrogen (secondary N) is 1. The molecule has 0 spiro atoms. The zero-order valence-electron chi connectivity index (χ0n) is 16.4. The van der Waals surface area contributed by atoms with Gasteiger partial charge in [-0.3, -0.25) is 9.69 Å². The fourth-order valence-corrected chi connectivity index (χ4v) is 3.99. The number of fused-ring (bicyclic) bond motifs is 1. The normalized spacial score (nSPS) is 15.5. The molecule has 0 saturated carbocycles. The Balaban J connectivity index is 1.21. The summed E-state index contributed by atoms with van der Waals surface area (Å²) in [5.41, 5.74) is 3.41. The van der Waals surface area contributed by atoms with Crippen molar-refractivity contribution < 1.29 is 9.42 Å². The molecule has 0 unspecified atom stereocenters. The van der Waals surface area contributed by atoms with Crippen LogP contribution in [-0.2, 0) is 6.54 Å². The summed E-state index contributed by atoms with van der Waals surface area (Å²) >= 11 is 0. The molecule has 1 amide bonds. The molecule has 0 aliphatic carbocycles. The predicted octanol–water partition coefficient (Wildman–Crippen LogP) is 3.51. The molecule has 2 aromatic heterocycles. The Labute approximate surface area is 173 Å². The number of anilines is 1. The summed E-state index contributed by atoms with van der Waals surface area (Å²) in [5.74, 6) is 0.624. The maximum atomic E-state index is 12.5. The van der Waals surface area contributed by atoms with Crippen molar-refractivity contribution in [2.45, 2.75) is 25.4 Å². The Morgan fingerprint density at radius 3 is 2.67 bits per heavy atom. The SMILES string of the molecule is O=C(Nc1ccnn1C1CCN(Cc2ccc3nonc3c2)CC1)c1ccccc1. The zero-order chi connectivity index (χ0) is 20.3. The molecule has 8 heteroatoms. The molecule has 30 heavy (non-hydrogen) atoms. The lowest BCUT2D eigenvalue weighted by atomic mass is 10.0. The van der Waals surface area contributed by atoms with Gasteiger partial charge in [0.25, 0.3) is 5.91 Å². The van der Waals surface area contributed by atoms with Crippen LogP contribution < -0.4 is 5.32 Å².